The van der Waals surface area contributed by atoms with Gasteiger partial charge in [-0.2, -0.15) is 0 Å². The van der Waals surface area contributed by atoms with E-state index in [2.05, 4.69) is 0 Å². The fourth-order valence-electron chi connectivity index (χ4n) is 4.37. The number of carboxylic acids is 1. The number of nitrogens with zero attached hydrogens (tertiary/aromatic N) is 1. The average Bonchev–Trinajstić information content (AvgIpc) is 2.99. The van der Waals surface area contributed by atoms with Gasteiger partial charge in [0, 0.05) is 24.7 Å². The third kappa shape index (κ3) is 7.77. The molecule has 13 nitrogen and oxygen atoms in total. The molecule has 13 heteroatoms. The maximum Gasteiger partial charge on any atom is 0.338 e. The van der Waals surface area contributed by atoms with E-state index in [9.17, 15) is 34.8 Å². The van der Waals surface area contributed by atoms with Crippen molar-refractivity contribution in [1.29, 1.82) is 0 Å². The predicted octanol–water partition coefficient (Wildman–Crippen LogP) is 3.60. The highest BCUT2D eigenvalue weighted by Gasteiger charge is 2.28. The van der Waals surface area contributed by atoms with Crippen LogP contribution in [0.5, 0.6) is 34.5 Å². The van der Waals surface area contributed by atoms with Crippen molar-refractivity contribution in [2.24, 2.45) is 0 Å². The summed E-state index contributed by atoms with van der Waals surface area (Å²) in [6.07, 6.45) is 0. The lowest BCUT2D eigenvalue weighted by molar-refractivity contribution is 0.0351. The average molecular weight is 600 g/mol. The predicted molar refractivity (Wildman–Crippen MR) is 151 cm³/mol. The normalized spacial score (nSPS) is 11.5. The molecule has 0 saturated carbocycles. The van der Waals surface area contributed by atoms with Gasteiger partial charge in [0.1, 0.15) is 13.2 Å². The van der Waals surface area contributed by atoms with Crippen LogP contribution in [0.2, 0.25) is 0 Å². The zero-order valence-electron chi connectivity index (χ0n) is 24.0. The summed E-state index contributed by atoms with van der Waals surface area (Å²) in [6, 6.07) is 9.72. The number of carbonyl (C=O) groups excluding carboxylic acids is 2. The molecule has 3 aromatic rings. The molecule has 43 heavy (non-hydrogen) atoms. The van der Waals surface area contributed by atoms with E-state index >= 15 is 0 Å². The number of methoxy groups -OCH3 is 3. The van der Waals surface area contributed by atoms with Gasteiger partial charge in [-0.05, 0) is 55.5 Å². The molecule has 0 heterocycles. The Morgan fingerprint density at radius 2 is 1.19 bits per heavy atom. The zero-order chi connectivity index (χ0) is 31.7. The van der Waals surface area contributed by atoms with E-state index < -0.39 is 23.9 Å². The van der Waals surface area contributed by atoms with Crippen LogP contribution < -0.4 is 14.2 Å². The third-order valence-corrected chi connectivity index (χ3v) is 6.63. The molecule has 1 unspecified atom stereocenters. The zero-order valence-corrected chi connectivity index (χ0v) is 24.0. The largest absolute Gasteiger partial charge is 0.504 e. The molecule has 0 aliphatic carbocycles. The molecule has 230 valence electrons. The lowest BCUT2D eigenvalue weighted by Gasteiger charge is -2.31. The lowest BCUT2D eigenvalue weighted by atomic mass is 9.98. The summed E-state index contributed by atoms with van der Waals surface area (Å²) in [6.45, 7) is 1.48. The minimum atomic E-state index is -1.25. The van der Waals surface area contributed by atoms with Gasteiger partial charge in [0.05, 0.1) is 38.0 Å². The van der Waals surface area contributed by atoms with Crippen molar-refractivity contribution in [3.8, 4) is 34.5 Å². The first kappa shape index (κ1) is 32.3. The van der Waals surface area contributed by atoms with Crippen LogP contribution in [-0.2, 0) is 9.47 Å². The summed E-state index contributed by atoms with van der Waals surface area (Å²) in [7, 11) is 3.98. The number of aromatic carboxylic acids is 1. The SMILES string of the molecule is COc1cc(C(=O)OCCN(CCOC(=O)c2ccc(O)c(OC)c2)C(C)c2c(C(=O)O)ccc(O)c2OC)ccc1O. The smallest absolute Gasteiger partial charge is 0.338 e. The van der Waals surface area contributed by atoms with Crippen molar-refractivity contribution >= 4 is 17.9 Å². The maximum absolute atomic E-state index is 12.7. The van der Waals surface area contributed by atoms with E-state index in [1.807, 2.05) is 0 Å². The molecule has 0 bridgehead atoms. The molecule has 0 amide bonds. The third-order valence-electron chi connectivity index (χ3n) is 6.63. The number of phenols is 3. The Bertz CT molecular complexity index is 1400. The van der Waals surface area contributed by atoms with E-state index in [1.165, 1.54) is 69.9 Å². The number of benzene rings is 3. The highest BCUT2D eigenvalue weighted by atomic mass is 16.5. The van der Waals surface area contributed by atoms with E-state index in [0.29, 0.717) is 0 Å². The fraction of sp³-hybridized carbons (Fsp3) is 0.300. The lowest BCUT2D eigenvalue weighted by Crippen LogP contribution is -2.35. The fourth-order valence-corrected chi connectivity index (χ4v) is 4.37. The number of carboxylic acid groups (broad SMARTS) is 1. The highest BCUT2D eigenvalue weighted by molar-refractivity contribution is 5.91. The van der Waals surface area contributed by atoms with Crippen molar-refractivity contribution in [2.75, 3.05) is 47.6 Å². The van der Waals surface area contributed by atoms with Gasteiger partial charge in [0.2, 0.25) is 0 Å². The molecule has 0 spiro atoms. The second kappa shape index (κ2) is 14.6. The molecular formula is C30H33NO12. The van der Waals surface area contributed by atoms with Crippen molar-refractivity contribution in [3.63, 3.8) is 0 Å². The first-order valence-electron chi connectivity index (χ1n) is 13.0. The van der Waals surface area contributed by atoms with Gasteiger partial charge in [-0.25, -0.2) is 14.4 Å². The first-order valence-corrected chi connectivity index (χ1v) is 13.0. The molecule has 3 rings (SSSR count). The minimum Gasteiger partial charge on any atom is -0.504 e. The quantitative estimate of drug-likeness (QED) is 0.197. The number of hydrogen-bond acceptors (Lipinski definition) is 12. The molecule has 0 aromatic heterocycles. The molecule has 0 aliphatic rings. The monoisotopic (exact) mass is 599 g/mol. The number of carbonyl (C=O) groups is 3. The second-order valence-corrected chi connectivity index (χ2v) is 9.14. The Morgan fingerprint density at radius 1 is 0.721 bits per heavy atom. The molecule has 0 saturated heterocycles. The van der Waals surface area contributed by atoms with E-state index in [-0.39, 0.29) is 83.1 Å². The molecule has 3 aromatic carbocycles. The number of ether oxygens (including phenoxy) is 5. The van der Waals surface area contributed by atoms with Gasteiger partial charge in [0.25, 0.3) is 0 Å². The van der Waals surface area contributed by atoms with Crippen LogP contribution >= 0.6 is 0 Å². The summed E-state index contributed by atoms with van der Waals surface area (Å²) in [5.41, 5.74) is 0.318. The Hall–Kier alpha value is -5.17. The van der Waals surface area contributed by atoms with E-state index in [4.69, 9.17) is 23.7 Å². The van der Waals surface area contributed by atoms with Crippen molar-refractivity contribution in [3.05, 3.63) is 70.8 Å². The first-order chi connectivity index (χ1) is 20.5. The van der Waals surface area contributed by atoms with E-state index in [0.717, 1.165) is 0 Å². The molecule has 0 aliphatic heterocycles. The topological polar surface area (TPSA) is 182 Å². The van der Waals surface area contributed by atoms with Crippen LogP contribution in [0.4, 0.5) is 0 Å². The van der Waals surface area contributed by atoms with Gasteiger partial charge in [-0.1, -0.05) is 0 Å². The van der Waals surface area contributed by atoms with Crippen molar-refractivity contribution < 1.29 is 58.5 Å². The van der Waals surface area contributed by atoms with Crippen LogP contribution in [-0.4, -0.2) is 90.9 Å². The Kier molecular flexibility index (Phi) is 11.0. The highest BCUT2D eigenvalue weighted by Crippen LogP contribution is 2.39. The number of phenolic OH excluding ortho intramolecular Hbond substituents is 3. The second-order valence-electron chi connectivity index (χ2n) is 9.14. The number of rotatable bonds is 14. The Balaban J connectivity index is 1.81. The van der Waals surface area contributed by atoms with Crippen LogP contribution in [0.15, 0.2) is 48.5 Å². The summed E-state index contributed by atoms with van der Waals surface area (Å²) >= 11 is 0. The van der Waals surface area contributed by atoms with Crippen LogP contribution in [0.3, 0.4) is 0 Å². The summed E-state index contributed by atoms with van der Waals surface area (Å²) in [4.78, 5) is 39.1. The van der Waals surface area contributed by atoms with Crippen LogP contribution in [0, 0.1) is 0 Å². The van der Waals surface area contributed by atoms with Crippen molar-refractivity contribution in [1.82, 2.24) is 4.90 Å². The van der Waals surface area contributed by atoms with Gasteiger partial charge >= 0.3 is 17.9 Å². The molecule has 4 N–H and O–H groups in total. The molecule has 0 radical (unpaired) electrons. The Labute approximate surface area is 247 Å². The Morgan fingerprint density at radius 3 is 1.60 bits per heavy atom. The van der Waals surface area contributed by atoms with Crippen LogP contribution in [0.1, 0.15) is 49.6 Å². The molecule has 0 fully saturated rings. The van der Waals surface area contributed by atoms with Gasteiger partial charge in [0.15, 0.2) is 34.5 Å². The molecular weight excluding hydrogens is 566 g/mol. The van der Waals surface area contributed by atoms with Crippen LogP contribution in [0.25, 0.3) is 0 Å². The van der Waals surface area contributed by atoms with Crippen molar-refractivity contribution in [2.45, 2.75) is 13.0 Å². The standard InChI is InChI=1S/C30H33NO12/c1-17(26-20(28(35)36)7-10-23(34)27(26)41-4)31(11-13-42-29(37)18-5-8-21(32)24(15-18)39-2)12-14-43-30(38)19-6-9-22(33)25(16-19)40-3/h5-10,15-17,32-34H,11-14H2,1-4H3,(H,35,36). The summed E-state index contributed by atoms with van der Waals surface area (Å²) < 4.78 is 26.2. The minimum absolute atomic E-state index is 0.0428. The molecule has 1 atom stereocenters. The maximum atomic E-state index is 12.7. The number of aromatic hydroxyl groups is 3. The van der Waals surface area contributed by atoms with E-state index in [1.54, 1.807) is 11.8 Å². The van der Waals surface area contributed by atoms with Gasteiger partial charge in [-0.15, -0.1) is 0 Å². The number of hydrogen-bond donors (Lipinski definition) is 4. The summed E-state index contributed by atoms with van der Waals surface area (Å²) in [5.74, 6) is -3.05. The van der Waals surface area contributed by atoms with Gasteiger partial charge < -0.3 is 44.1 Å². The van der Waals surface area contributed by atoms with Gasteiger partial charge in [-0.3, -0.25) is 4.90 Å². The summed E-state index contributed by atoms with van der Waals surface area (Å²) in [5, 5.41) is 39.8. The number of esters is 2.